The summed E-state index contributed by atoms with van der Waals surface area (Å²) < 4.78 is 0. The lowest BCUT2D eigenvalue weighted by molar-refractivity contribution is -0.119. The Morgan fingerprint density at radius 3 is 3.07 bits per heavy atom. The van der Waals surface area contributed by atoms with Gasteiger partial charge in [0.15, 0.2) is 0 Å². The Kier molecular flexibility index (Phi) is 3.49. The van der Waals surface area contributed by atoms with Crippen molar-refractivity contribution >= 4 is 35.0 Å². The minimum Gasteiger partial charge on any atom is -0.324 e. The molecule has 1 saturated heterocycles. The second kappa shape index (κ2) is 4.86. The number of nitrogens with zero attached hydrogens (tertiary/aromatic N) is 1. The molecule has 3 nitrogen and oxygen atoms in total. The highest BCUT2D eigenvalue weighted by Gasteiger charge is 2.22. The monoisotopic (exact) mass is 242 g/mol. The summed E-state index contributed by atoms with van der Waals surface area (Å²) in [6.45, 7) is 0. The molecule has 5 heteroatoms. The van der Waals surface area contributed by atoms with E-state index in [1.807, 2.05) is 11.8 Å². The fraction of sp³-hybridized carbons (Fsp3) is 0.400. The first-order valence-electron chi connectivity index (χ1n) is 4.76. The molecule has 1 unspecified atom stereocenters. The number of halogens is 1. The zero-order chi connectivity index (χ0) is 10.7. The molecule has 0 spiro atoms. The number of rotatable bonds is 2. The van der Waals surface area contributed by atoms with Crippen LogP contribution < -0.4 is 5.32 Å². The fourth-order valence-electron chi connectivity index (χ4n) is 1.44. The van der Waals surface area contributed by atoms with Crippen molar-refractivity contribution in [1.29, 1.82) is 0 Å². The third-order valence-electron chi connectivity index (χ3n) is 2.30. The SMILES string of the molecule is O=C(Nc1ccc(Cl)nc1)C1CCSC1. The van der Waals surface area contributed by atoms with E-state index in [0.29, 0.717) is 10.8 Å². The maximum Gasteiger partial charge on any atom is 0.228 e. The zero-order valence-corrected chi connectivity index (χ0v) is 9.64. The molecule has 1 aromatic heterocycles. The summed E-state index contributed by atoms with van der Waals surface area (Å²) in [6, 6.07) is 3.43. The summed E-state index contributed by atoms with van der Waals surface area (Å²) in [6.07, 6.45) is 2.54. The number of amides is 1. The van der Waals surface area contributed by atoms with Crippen LogP contribution in [-0.2, 0) is 4.79 Å². The molecule has 1 aliphatic heterocycles. The average molecular weight is 243 g/mol. The van der Waals surface area contributed by atoms with Crippen LogP contribution >= 0.6 is 23.4 Å². The molecular formula is C10H11ClN2OS. The van der Waals surface area contributed by atoms with Crippen molar-refractivity contribution in [2.24, 2.45) is 5.92 Å². The van der Waals surface area contributed by atoms with Crippen LogP contribution in [0.5, 0.6) is 0 Å². The zero-order valence-electron chi connectivity index (χ0n) is 8.07. The van der Waals surface area contributed by atoms with Gasteiger partial charge in [0.25, 0.3) is 0 Å². The highest BCUT2D eigenvalue weighted by atomic mass is 35.5. The Balaban J connectivity index is 1.96. The molecule has 2 rings (SSSR count). The van der Waals surface area contributed by atoms with Crippen molar-refractivity contribution in [2.75, 3.05) is 16.8 Å². The molecule has 0 saturated carbocycles. The van der Waals surface area contributed by atoms with Gasteiger partial charge in [-0.25, -0.2) is 4.98 Å². The number of thioether (sulfide) groups is 1. The number of carbonyl (C=O) groups excluding carboxylic acids is 1. The van der Waals surface area contributed by atoms with Crippen molar-refractivity contribution in [2.45, 2.75) is 6.42 Å². The van der Waals surface area contributed by atoms with Crippen LogP contribution in [-0.4, -0.2) is 22.4 Å². The van der Waals surface area contributed by atoms with E-state index < -0.39 is 0 Å². The van der Waals surface area contributed by atoms with Crippen LogP contribution in [0.3, 0.4) is 0 Å². The highest BCUT2D eigenvalue weighted by Crippen LogP contribution is 2.24. The van der Waals surface area contributed by atoms with Gasteiger partial charge in [-0.15, -0.1) is 0 Å². The topological polar surface area (TPSA) is 42.0 Å². The van der Waals surface area contributed by atoms with Gasteiger partial charge in [0.2, 0.25) is 5.91 Å². The maximum atomic E-state index is 11.7. The minimum absolute atomic E-state index is 0.0872. The Bertz CT molecular complexity index is 349. The van der Waals surface area contributed by atoms with Crippen molar-refractivity contribution < 1.29 is 4.79 Å². The van der Waals surface area contributed by atoms with Gasteiger partial charge in [0.1, 0.15) is 5.15 Å². The molecule has 15 heavy (non-hydrogen) atoms. The van der Waals surface area contributed by atoms with E-state index in [1.165, 1.54) is 0 Å². The molecule has 0 aliphatic carbocycles. The number of aromatic nitrogens is 1. The van der Waals surface area contributed by atoms with E-state index in [2.05, 4.69) is 10.3 Å². The van der Waals surface area contributed by atoms with Crippen LogP contribution in [0.4, 0.5) is 5.69 Å². The molecular weight excluding hydrogens is 232 g/mol. The second-order valence-electron chi connectivity index (χ2n) is 3.42. The van der Waals surface area contributed by atoms with Crippen LogP contribution in [0.25, 0.3) is 0 Å². The predicted molar refractivity (Wildman–Crippen MR) is 63.3 cm³/mol. The smallest absolute Gasteiger partial charge is 0.228 e. The van der Waals surface area contributed by atoms with E-state index >= 15 is 0 Å². The molecule has 1 atom stereocenters. The quantitative estimate of drug-likeness (QED) is 0.810. The molecule has 1 aliphatic rings. The van der Waals surface area contributed by atoms with Crippen molar-refractivity contribution in [3.63, 3.8) is 0 Å². The van der Waals surface area contributed by atoms with Gasteiger partial charge in [-0.2, -0.15) is 11.8 Å². The third kappa shape index (κ3) is 2.86. The van der Waals surface area contributed by atoms with Crippen molar-refractivity contribution in [3.05, 3.63) is 23.5 Å². The predicted octanol–water partition coefficient (Wildman–Crippen LogP) is 2.43. The Hall–Kier alpha value is -0.740. The normalized spacial score (nSPS) is 20.2. The van der Waals surface area contributed by atoms with Crippen LogP contribution in [0.2, 0.25) is 5.15 Å². The summed E-state index contributed by atoms with van der Waals surface area (Å²) in [5, 5.41) is 3.27. The summed E-state index contributed by atoms with van der Waals surface area (Å²) in [5.74, 6) is 2.24. The van der Waals surface area contributed by atoms with Crippen LogP contribution in [0.1, 0.15) is 6.42 Å². The maximum absolute atomic E-state index is 11.7. The largest absolute Gasteiger partial charge is 0.324 e. The van der Waals surface area contributed by atoms with Crippen molar-refractivity contribution in [1.82, 2.24) is 4.98 Å². The Labute approximate surface area is 97.6 Å². The molecule has 0 bridgehead atoms. The first-order valence-corrected chi connectivity index (χ1v) is 6.29. The first kappa shape index (κ1) is 10.8. The average Bonchev–Trinajstić information content (AvgIpc) is 2.74. The highest BCUT2D eigenvalue weighted by molar-refractivity contribution is 7.99. The Morgan fingerprint density at radius 1 is 1.60 bits per heavy atom. The molecule has 0 radical (unpaired) electrons. The standard InChI is InChI=1S/C10H11ClN2OS/c11-9-2-1-8(5-12-9)13-10(14)7-3-4-15-6-7/h1-2,5,7H,3-4,6H2,(H,13,14). The van der Waals surface area contributed by atoms with E-state index in [-0.39, 0.29) is 11.8 Å². The molecule has 1 fully saturated rings. The summed E-state index contributed by atoms with van der Waals surface area (Å²) in [5.41, 5.74) is 0.710. The molecule has 80 valence electrons. The van der Waals surface area contributed by atoms with Gasteiger partial charge in [0, 0.05) is 11.7 Å². The third-order valence-corrected chi connectivity index (χ3v) is 3.68. The number of pyridine rings is 1. The summed E-state index contributed by atoms with van der Waals surface area (Å²) in [7, 11) is 0. The number of nitrogens with one attached hydrogen (secondary N) is 1. The molecule has 0 aromatic carbocycles. The number of hydrogen-bond donors (Lipinski definition) is 1. The molecule has 1 aromatic rings. The van der Waals surface area contributed by atoms with Crippen molar-refractivity contribution in [3.8, 4) is 0 Å². The van der Waals surface area contributed by atoms with E-state index in [0.717, 1.165) is 17.9 Å². The van der Waals surface area contributed by atoms with Gasteiger partial charge in [-0.3, -0.25) is 4.79 Å². The van der Waals surface area contributed by atoms with Crippen LogP contribution in [0, 0.1) is 5.92 Å². The fourth-order valence-corrected chi connectivity index (χ4v) is 2.77. The number of hydrogen-bond acceptors (Lipinski definition) is 3. The lowest BCUT2D eigenvalue weighted by atomic mass is 10.1. The van der Waals surface area contributed by atoms with Gasteiger partial charge < -0.3 is 5.32 Å². The van der Waals surface area contributed by atoms with Gasteiger partial charge in [-0.1, -0.05) is 11.6 Å². The summed E-state index contributed by atoms with van der Waals surface area (Å²) in [4.78, 5) is 15.6. The molecule has 2 heterocycles. The molecule has 1 N–H and O–H groups in total. The lowest BCUT2D eigenvalue weighted by Gasteiger charge is -2.09. The van der Waals surface area contributed by atoms with E-state index in [1.54, 1.807) is 18.3 Å². The van der Waals surface area contributed by atoms with Crippen LogP contribution in [0.15, 0.2) is 18.3 Å². The second-order valence-corrected chi connectivity index (χ2v) is 4.96. The Morgan fingerprint density at radius 2 is 2.47 bits per heavy atom. The van der Waals surface area contributed by atoms with Gasteiger partial charge in [0.05, 0.1) is 11.9 Å². The van der Waals surface area contributed by atoms with Gasteiger partial charge in [-0.05, 0) is 24.3 Å². The minimum atomic E-state index is 0.0872. The van der Waals surface area contributed by atoms with E-state index in [4.69, 9.17) is 11.6 Å². The summed E-state index contributed by atoms with van der Waals surface area (Å²) >= 11 is 7.47. The molecule has 1 amide bonds. The lowest BCUT2D eigenvalue weighted by Crippen LogP contribution is -2.22. The first-order chi connectivity index (χ1) is 7.25. The number of carbonyl (C=O) groups is 1. The van der Waals surface area contributed by atoms with E-state index in [9.17, 15) is 4.79 Å². The number of anilines is 1. The van der Waals surface area contributed by atoms with Gasteiger partial charge >= 0.3 is 0 Å².